The molecule has 0 atom stereocenters. The van der Waals surface area contributed by atoms with E-state index < -0.39 is 27.3 Å². The average Bonchev–Trinajstić information content (AvgIpc) is 3.42. The minimum absolute atomic E-state index is 0.0283. The Balaban J connectivity index is 1.40. The number of aryl methyl sites for hydroxylation is 1. The molecule has 1 amide bonds. The van der Waals surface area contributed by atoms with Crippen molar-refractivity contribution in [3.8, 4) is 28.4 Å². The van der Waals surface area contributed by atoms with E-state index in [2.05, 4.69) is 35.7 Å². The van der Waals surface area contributed by atoms with Crippen molar-refractivity contribution in [2.75, 3.05) is 24.0 Å². The van der Waals surface area contributed by atoms with E-state index in [1.54, 1.807) is 24.1 Å². The van der Waals surface area contributed by atoms with Crippen molar-refractivity contribution >= 4 is 27.5 Å². The van der Waals surface area contributed by atoms with Gasteiger partial charge in [-0.1, -0.05) is 0 Å². The lowest BCUT2D eigenvalue weighted by Gasteiger charge is -2.30. The summed E-state index contributed by atoms with van der Waals surface area (Å²) in [5.41, 5.74) is 0.277. The number of nitrogens with zero attached hydrogens (tertiary/aromatic N) is 7. The zero-order valence-electron chi connectivity index (χ0n) is 24.8. The number of anilines is 2. The van der Waals surface area contributed by atoms with E-state index in [4.69, 9.17) is 9.72 Å². The molecule has 4 heterocycles. The van der Waals surface area contributed by atoms with Crippen LogP contribution >= 0.6 is 0 Å². The molecule has 5 rings (SSSR count). The van der Waals surface area contributed by atoms with Crippen molar-refractivity contribution in [3.05, 3.63) is 48.3 Å². The maximum atomic E-state index is 13.9. The molecule has 0 bridgehead atoms. The average molecular weight is 646 g/mol. The third-order valence-corrected chi connectivity index (χ3v) is 8.39. The highest BCUT2D eigenvalue weighted by Crippen LogP contribution is 2.40. The molecule has 1 aliphatic carbocycles. The number of amides is 1. The van der Waals surface area contributed by atoms with Gasteiger partial charge in [0.1, 0.15) is 5.56 Å². The number of nitrogens with one attached hydrogen (secondary N) is 2. The van der Waals surface area contributed by atoms with Crippen LogP contribution in [0.15, 0.2) is 41.9 Å². The second kappa shape index (κ2) is 12.4. The third-order valence-electron chi connectivity index (χ3n) is 7.31. The first-order valence-electron chi connectivity index (χ1n) is 13.8. The van der Waals surface area contributed by atoms with Crippen LogP contribution in [0.4, 0.5) is 24.9 Å². The van der Waals surface area contributed by atoms with Gasteiger partial charge in [-0.25, -0.2) is 28.4 Å². The van der Waals surface area contributed by atoms with Gasteiger partial charge in [0.05, 0.1) is 35.3 Å². The first-order chi connectivity index (χ1) is 21.2. The summed E-state index contributed by atoms with van der Waals surface area (Å²) in [5.74, 6) is -0.0495. The molecule has 4 aromatic rings. The quantitative estimate of drug-likeness (QED) is 0.281. The summed E-state index contributed by atoms with van der Waals surface area (Å²) in [5, 5.41) is 10.0. The van der Waals surface area contributed by atoms with Crippen LogP contribution in [-0.4, -0.2) is 68.4 Å². The van der Waals surface area contributed by atoms with Gasteiger partial charge >= 0.3 is 6.18 Å². The summed E-state index contributed by atoms with van der Waals surface area (Å²) < 4.78 is 72.7. The van der Waals surface area contributed by atoms with Gasteiger partial charge in [0.2, 0.25) is 11.9 Å². The number of ether oxygens (including phenoxy) is 1. The molecule has 0 aromatic carbocycles. The van der Waals surface area contributed by atoms with Crippen molar-refractivity contribution in [1.82, 2.24) is 34.7 Å². The Kier molecular flexibility index (Phi) is 8.73. The van der Waals surface area contributed by atoms with Gasteiger partial charge in [0, 0.05) is 68.1 Å². The molecular formula is C28H30F3N9O4S. The monoisotopic (exact) mass is 645 g/mol. The van der Waals surface area contributed by atoms with E-state index in [9.17, 15) is 26.4 Å². The Morgan fingerprint density at radius 3 is 2.36 bits per heavy atom. The summed E-state index contributed by atoms with van der Waals surface area (Å²) in [6, 6.07) is 0.939. The molecular weight excluding hydrogens is 615 g/mol. The third kappa shape index (κ3) is 7.19. The predicted molar refractivity (Wildman–Crippen MR) is 157 cm³/mol. The second-order valence-electron chi connectivity index (χ2n) is 10.7. The summed E-state index contributed by atoms with van der Waals surface area (Å²) >= 11 is 0. The van der Waals surface area contributed by atoms with E-state index in [1.165, 1.54) is 14.0 Å². The van der Waals surface area contributed by atoms with Gasteiger partial charge in [-0.3, -0.25) is 14.5 Å². The molecule has 0 unspecified atom stereocenters. The van der Waals surface area contributed by atoms with Crippen LogP contribution in [0, 0.1) is 0 Å². The lowest BCUT2D eigenvalue weighted by molar-refractivity contribution is -0.137. The van der Waals surface area contributed by atoms with Crippen molar-refractivity contribution < 1.29 is 31.1 Å². The number of alkyl halides is 3. The van der Waals surface area contributed by atoms with E-state index >= 15 is 0 Å². The number of methoxy groups -OCH3 is 1. The molecule has 0 radical (unpaired) electrons. The minimum Gasteiger partial charge on any atom is -0.478 e. The van der Waals surface area contributed by atoms with Gasteiger partial charge in [0.25, 0.3) is 5.88 Å². The van der Waals surface area contributed by atoms with Crippen LogP contribution in [-0.2, 0) is 27.9 Å². The van der Waals surface area contributed by atoms with Crippen LogP contribution in [0.2, 0.25) is 0 Å². The van der Waals surface area contributed by atoms with Crippen molar-refractivity contribution in [1.29, 1.82) is 0 Å². The molecule has 17 heteroatoms. The molecule has 0 spiro atoms. The van der Waals surface area contributed by atoms with E-state index in [1.807, 2.05) is 0 Å². The Labute approximate surface area is 256 Å². The number of pyridine rings is 1. The summed E-state index contributed by atoms with van der Waals surface area (Å²) in [4.78, 5) is 32.9. The highest BCUT2D eigenvalue weighted by Gasteiger charge is 2.36. The molecule has 4 aromatic heterocycles. The van der Waals surface area contributed by atoms with Gasteiger partial charge in [-0.2, -0.15) is 18.3 Å². The normalized spacial score (nSPS) is 17.1. The first kappa shape index (κ1) is 31.7. The molecule has 1 saturated carbocycles. The number of hydrogen-bond acceptors (Lipinski definition) is 11. The fraction of sp³-hybridized carbons (Fsp3) is 0.393. The highest BCUT2D eigenvalue weighted by molar-refractivity contribution is 7.90. The van der Waals surface area contributed by atoms with Crippen molar-refractivity contribution in [3.63, 3.8) is 0 Å². The van der Waals surface area contributed by atoms with Gasteiger partial charge in [-0.15, -0.1) is 0 Å². The first-order valence-corrected chi connectivity index (χ1v) is 15.7. The number of aromatic nitrogens is 7. The maximum Gasteiger partial charge on any atom is 0.419 e. The molecule has 1 aliphatic rings. The number of carbonyl (C=O) groups excluding carboxylic acids is 1. The van der Waals surface area contributed by atoms with Crippen LogP contribution in [0.25, 0.3) is 22.5 Å². The standard InChI is InChI=1S/C28H30F3N9O4S/c1-15(41)35-25-26(44-3)38-24(18-11-34-40(2)14-18)23(37-25)16-5-7-19(8-6-16)36-27-33-13-21(28(29,30)31)22(39-27)17-9-20(12-32-10-17)45(4,42)43/h9-14,16,19H,5-8H2,1-4H3,(H,33,36,39)(H,35,37,41). The van der Waals surface area contributed by atoms with Crippen LogP contribution in [0.1, 0.15) is 49.8 Å². The Morgan fingerprint density at radius 1 is 1.02 bits per heavy atom. The smallest absolute Gasteiger partial charge is 0.419 e. The van der Waals surface area contributed by atoms with Crippen LogP contribution < -0.4 is 15.4 Å². The van der Waals surface area contributed by atoms with Crippen molar-refractivity contribution in [2.24, 2.45) is 7.05 Å². The van der Waals surface area contributed by atoms with E-state index in [0.29, 0.717) is 43.3 Å². The van der Waals surface area contributed by atoms with Crippen LogP contribution in [0.3, 0.4) is 0 Å². The van der Waals surface area contributed by atoms with Crippen molar-refractivity contribution in [2.45, 2.75) is 55.6 Å². The largest absolute Gasteiger partial charge is 0.478 e. The lowest BCUT2D eigenvalue weighted by Crippen LogP contribution is -2.27. The topological polar surface area (TPSA) is 167 Å². The van der Waals surface area contributed by atoms with Gasteiger partial charge in [-0.05, 0) is 31.7 Å². The van der Waals surface area contributed by atoms with E-state index in [-0.39, 0.29) is 46.0 Å². The fourth-order valence-electron chi connectivity index (χ4n) is 5.19. The van der Waals surface area contributed by atoms with Crippen LogP contribution in [0.5, 0.6) is 5.88 Å². The number of rotatable bonds is 8. The Hall–Kier alpha value is -4.67. The van der Waals surface area contributed by atoms with Gasteiger partial charge < -0.3 is 15.4 Å². The molecule has 1 fully saturated rings. The SMILES string of the molecule is COc1nc(-c2cnn(C)c2)c(C2CCC(Nc3ncc(C(F)(F)F)c(-c4cncc(S(C)(=O)=O)c4)n3)CC2)nc1NC(C)=O. The number of carbonyl (C=O) groups is 1. The Bertz CT molecular complexity index is 1840. The Morgan fingerprint density at radius 2 is 1.76 bits per heavy atom. The fourth-order valence-corrected chi connectivity index (χ4v) is 5.78. The zero-order chi connectivity index (χ0) is 32.5. The molecule has 13 nitrogen and oxygen atoms in total. The summed E-state index contributed by atoms with van der Waals surface area (Å²) in [6.45, 7) is 1.36. The molecule has 238 valence electrons. The maximum absolute atomic E-state index is 13.9. The summed E-state index contributed by atoms with van der Waals surface area (Å²) in [6.07, 6.45) is 4.99. The van der Waals surface area contributed by atoms with E-state index in [0.717, 1.165) is 30.3 Å². The number of hydrogen-bond donors (Lipinski definition) is 2. The number of sulfone groups is 1. The lowest BCUT2D eigenvalue weighted by atomic mass is 9.82. The molecule has 45 heavy (non-hydrogen) atoms. The summed E-state index contributed by atoms with van der Waals surface area (Å²) in [7, 11) is -0.501. The molecule has 2 N–H and O–H groups in total. The second-order valence-corrected chi connectivity index (χ2v) is 12.7. The molecule has 0 aliphatic heterocycles. The van der Waals surface area contributed by atoms with Gasteiger partial charge in [0.15, 0.2) is 15.7 Å². The molecule has 0 saturated heterocycles. The highest BCUT2D eigenvalue weighted by atomic mass is 32.2. The minimum atomic E-state index is -4.78. The number of halogens is 3. The predicted octanol–water partition coefficient (Wildman–Crippen LogP) is 4.26. The zero-order valence-corrected chi connectivity index (χ0v) is 25.6.